The monoisotopic (exact) mass is 509 g/mol. The average molecular weight is 510 g/mol. The van der Waals surface area contributed by atoms with E-state index in [2.05, 4.69) is 0 Å². The molecular formula is C22H24ClN3O9. The van der Waals surface area contributed by atoms with Crippen molar-refractivity contribution in [3.8, 4) is 0 Å². The first kappa shape index (κ1) is 27.5. The summed E-state index contributed by atoms with van der Waals surface area (Å²) in [5, 5.41) is 21.4. The molecule has 1 saturated heterocycles. The molecule has 0 unspecified atom stereocenters. The smallest absolute Gasteiger partial charge is 0.340 e. The molecule has 0 atom stereocenters. The SMILES string of the molecule is CCOC(=O)c1cc([N+](=O)[O-])ccc1Cl.CCOC(=O)c1cc([N+](=O)[O-])ccc1N1CCOCC1. The Bertz CT molecular complexity index is 1090. The molecule has 0 N–H and O–H groups in total. The molecule has 0 radical (unpaired) electrons. The Morgan fingerprint density at radius 3 is 1.91 bits per heavy atom. The van der Waals surface area contributed by atoms with E-state index in [9.17, 15) is 29.8 Å². The Balaban J connectivity index is 0.000000258. The van der Waals surface area contributed by atoms with E-state index in [0.29, 0.717) is 32.0 Å². The van der Waals surface area contributed by atoms with Crippen molar-refractivity contribution >= 4 is 40.6 Å². The second-order valence-electron chi connectivity index (χ2n) is 6.92. The van der Waals surface area contributed by atoms with Gasteiger partial charge in [-0.2, -0.15) is 0 Å². The molecule has 1 aliphatic heterocycles. The summed E-state index contributed by atoms with van der Waals surface area (Å²) in [5.41, 5.74) is 0.570. The van der Waals surface area contributed by atoms with E-state index in [-0.39, 0.29) is 40.7 Å². The number of carbonyl (C=O) groups is 2. The van der Waals surface area contributed by atoms with E-state index in [1.165, 1.54) is 24.3 Å². The van der Waals surface area contributed by atoms with Crippen molar-refractivity contribution in [2.45, 2.75) is 13.8 Å². The van der Waals surface area contributed by atoms with Gasteiger partial charge >= 0.3 is 11.9 Å². The summed E-state index contributed by atoms with van der Waals surface area (Å²) in [5.74, 6) is -1.20. The van der Waals surface area contributed by atoms with E-state index in [0.717, 1.165) is 6.07 Å². The number of benzene rings is 2. The van der Waals surface area contributed by atoms with Gasteiger partial charge in [-0.25, -0.2) is 9.59 Å². The lowest BCUT2D eigenvalue weighted by Gasteiger charge is -2.30. The highest BCUT2D eigenvalue weighted by Crippen LogP contribution is 2.27. The number of esters is 2. The highest BCUT2D eigenvalue weighted by atomic mass is 35.5. The number of morpholine rings is 1. The van der Waals surface area contributed by atoms with Crippen LogP contribution in [0.3, 0.4) is 0 Å². The Morgan fingerprint density at radius 1 is 0.914 bits per heavy atom. The third kappa shape index (κ3) is 7.62. The van der Waals surface area contributed by atoms with Crippen LogP contribution >= 0.6 is 11.6 Å². The number of nitrogens with zero attached hydrogens (tertiary/aromatic N) is 3. The summed E-state index contributed by atoms with van der Waals surface area (Å²) in [7, 11) is 0. The zero-order valence-electron chi connectivity index (χ0n) is 19.1. The van der Waals surface area contributed by atoms with Crippen molar-refractivity contribution in [1.29, 1.82) is 0 Å². The molecule has 2 aromatic carbocycles. The number of rotatable bonds is 7. The molecule has 12 nitrogen and oxygen atoms in total. The molecule has 0 bridgehead atoms. The summed E-state index contributed by atoms with van der Waals surface area (Å²) < 4.78 is 14.9. The van der Waals surface area contributed by atoms with Gasteiger partial charge in [-0.15, -0.1) is 0 Å². The van der Waals surface area contributed by atoms with E-state index in [4.69, 9.17) is 25.8 Å². The van der Waals surface area contributed by atoms with Gasteiger partial charge in [0, 0.05) is 37.4 Å². The van der Waals surface area contributed by atoms with E-state index in [1.54, 1.807) is 19.9 Å². The fourth-order valence-corrected chi connectivity index (χ4v) is 3.28. The lowest BCUT2D eigenvalue weighted by atomic mass is 10.1. The van der Waals surface area contributed by atoms with Crippen LogP contribution in [0.25, 0.3) is 0 Å². The standard InChI is InChI=1S/C13H16N2O5.C9H8ClNO4/c1-2-20-13(16)11-9-10(15(17)18)3-4-12(11)14-5-7-19-8-6-14;1-2-15-9(12)7-5-6(11(13)14)3-4-8(7)10/h3-4,9H,2,5-8H2,1H3;3-5H,2H2,1H3. The number of nitro benzene ring substituents is 2. The van der Waals surface area contributed by atoms with Crippen LogP contribution in [-0.4, -0.2) is 61.3 Å². The maximum absolute atomic E-state index is 12.0. The molecule has 1 aliphatic rings. The third-order valence-corrected chi connectivity index (χ3v) is 5.02. The van der Waals surface area contributed by atoms with Crippen molar-refractivity contribution in [2.75, 3.05) is 44.4 Å². The summed E-state index contributed by atoms with van der Waals surface area (Å²) >= 11 is 5.71. The van der Waals surface area contributed by atoms with Crippen LogP contribution in [0.5, 0.6) is 0 Å². The van der Waals surface area contributed by atoms with Gasteiger partial charge in [0.15, 0.2) is 0 Å². The van der Waals surface area contributed by atoms with Gasteiger partial charge in [0.05, 0.1) is 58.1 Å². The van der Waals surface area contributed by atoms with Crippen molar-refractivity contribution in [3.05, 3.63) is 72.8 Å². The molecule has 1 heterocycles. The van der Waals surface area contributed by atoms with Crippen molar-refractivity contribution in [1.82, 2.24) is 0 Å². The first-order chi connectivity index (χ1) is 16.7. The van der Waals surface area contributed by atoms with Gasteiger partial charge in [-0.05, 0) is 26.0 Å². The van der Waals surface area contributed by atoms with E-state index >= 15 is 0 Å². The third-order valence-electron chi connectivity index (χ3n) is 4.69. The van der Waals surface area contributed by atoms with Gasteiger partial charge in [0.2, 0.25) is 0 Å². The minimum absolute atomic E-state index is 0.00715. The molecule has 3 rings (SSSR count). The minimum atomic E-state index is -0.661. The Labute approximate surface area is 205 Å². The van der Waals surface area contributed by atoms with E-state index in [1.807, 2.05) is 4.90 Å². The van der Waals surface area contributed by atoms with Gasteiger partial charge in [0.1, 0.15) is 0 Å². The molecule has 0 aromatic heterocycles. The predicted molar refractivity (Wildman–Crippen MR) is 126 cm³/mol. The van der Waals surface area contributed by atoms with Crippen molar-refractivity contribution in [3.63, 3.8) is 0 Å². The highest BCUT2D eigenvalue weighted by Gasteiger charge is 2.22. The lowest BCUT2D eigenvalue weighted by molar-refractivity contribution is -0.385. The Morgan fingerprint density at radius 2 is 1.40 bits per heavy atom. The minimum Gasteiger partial charge on any atom is -0.462 e. The van der Waals surface area contributed by atoms with Crippen LogP contribution in [0, 0.1) is 20.2 Å². The topological polar surface area (TPSA) is 151 Å². The summed E-state index contributed by atoms with van der Waals surface area (Å²) in [4.78, 5) is 45.4. The largest absolute Gasteiger partial charge is 0.462 e. The number of hydrogen-bond acceptors (Lipinski definition) is 10. The first-order valence-electron chi connectivity index (χ1n) is 10.6. The first-order valence-corrected chi connectivity index (χ1v) is 11.0. The average Bonchev–Trinajstić information content (AvgIpc) is 2.85. The van der Waals surface area contributed by atoms with E-state index < -0.39 is 21.8 Å². The lowest BCUT2D eigenvalue weighted by Crippen LogP contribution is -2.37. The predicted octanol–water partition coefficient (Wildman–Crippen LogP) is 4.03. The summed E-state index contributed by atoms with van der Waals surface area (Å²) in [6.07, 6.45) is 0. The molecule has 0 saturated carbocycles. The number of halogens is 1. The van der Waals surface area contributed by atoms with Gasteiger partial charge in [0.25, 0.3) is 11.4 Å². The molecular weight excluding hydrogens is 486 g/mol. The van der Waals surface area contributed by atoms with Crippen molar-refractivity contribution in [2.24, 2.45) is 0 Å². The number of ether oxygens (including phenoxy) is 3. The molecule has 188 valence electrons. The van der Waals surface area contributed by atoms with Gasteiger partial charge < -0.3 is 19.1 Å². The molecule has 0 spiro atoms. The zero-order valence-corrected chi connectivity index (χ0v) is 19.9. The number of nitro groups is 2. The second-order valence-corrected chi connectivity index (χ2v) is 7.33. The Kier molecular flexibility index (Phi) is 10.4. The van der Waals surface area contributed by atoms with Gasteiger partial charge in [-0.3, -0.25) is 20.2 Å². The number of hydrogen-bond donors (Lipinski definition) is 0. The molecule has 2 aromatic rings. The van der Waals surface area contributed by atoms with Crippen LogP contribution in [0.4, 0.5) is 17.1 Å². The van der Waals surface area contributed by atoms with Gasteiger partial charge in [-0.1, -0.05) is 11.6 Å². The fourth-order valence-electron chi connectivity index (χ4n) is 3.08. The molecule has 0 amide bonds. The maximum Gasteiger partial charge on any atom is 0.340 e. The molecule has 0 aliphatic carbocycles. The maximum atomic E-state index is 12.0. The molecule has 13 heteroatoms. The van der Waals surface area contributed by atoms with Crippen LogP contribution in [0.1, 0.15) is 34.6 Å². The second kappa shape index (κ2) is 13.2. The zero-order chi connectivity index (χ0) is 26.0. The Hall–Kier alpha value is -3.77. The number of non-ortho nitro benzene ring substituents is 2. The summed E-state index contributed by atoms with van der Waals surface area (Å²) in [6, 6.07) is 7.88. The van der Waals surface area contributed by atoms with Crippen molar-refractivity contribution < 1.29 is 33.6 Å². The van der Waals surface area contributed by atoms with Crippen LogP contribution < -0.4 is 4.90 Å². The fraction of sp³-hybridized carbons (Fsp3) is 0.364. The van der Waals surface area contributed by atoms with Crippen LogP contribution in [0.15, 0.2) is 36.4 Å². The highest BCUT2D eigenvalue weighted by molar-refractivity contribution is 6.33. The molecule has 1 fully saturated rings. The number of carbonyl (C=O) groups excluding carboxylic acids is 2. The summed E-state index contributed by atoms with van der Waals surface area (Å²) in [6.45, 7) is 6.18. The number of anilines is 1. The quantitative estimate of drug-likeness (QED) is 0.303. The van der Waals surface area contributed by atoms with Crippen LogP contribution in [0.2, 0.25) is 5.02 Å². The normalized spacial score (nSPS) is 12.7. The molecule has 35 heavy (non-hydrogen) atoms. The van der Waals surface area contributed by atoms with Crippen LogP contribution in [-0.2, 0) is 14.2 Å².